The van der Waals surface area contributed by atoms with Crippen LogP contribution in [0, 0.1) is 5.82 Å². The van der Waals surface area contributed by atoms with Gasteiger partial charge in [-0.25, -0.2) is 13.2 Å². The number of carbonyl (C=O) groups is 2. The molecule has 208 valence electrons. The molecule has 40 heavy (non-hydrogen) atoms. The molecular weight excluding hydrogens is 545 g/mol. The number of pyridine rings is 1. The van der Waals surface area contributed by atoms with Crippen LogP contribution in [0.3, 0.4) is 0 Å². The molecule has 1 saturated carbocycles. The molecule has 2 aromatic carbocycles. The zero-order chi connectivity index (χ0) is 28.0. The highest BCUT2D eigenvalue weighted by atomic mass is 35.5. The fourth-order valence-corrected chi connectivity index (χ4v) is 5.95. The van der Waals surface area contributed by atoms with Crippen LogP contribution in [0.25, 0.3) is 0 Å². The highest BCUT2D eigenvalue weighted by Gasteiger charge is 2.56. The smallest absolute Gasteiger partial charge is 0.252 e. The van der Waals surface area contributed by atoms with E-state index in [1.54, 1.807) is 64.7 Å². The van der Waals surface area contributed by atoms with Crippen LogP contribution in [0.15, 0.2) is 73.1 Å². The number of epoxide rings is 1. The second kappa shape index (κ2) is 10.4. The molecule has 1 aromatic heterocycles. The van der Waals surface area contributed by atoms with Crippen molar-refractivity contribution in [2.75, 3.05) is 9.80 Å². The Hall–Kier alpha value is -3.63. The molecule has 7 nitrogen and oxygen atoms in total. The fraction of sp³-hybridized carbons (Fsp3) is 0.345. The number of rotatable bonds is 8. The summed E-state index contributed by atoms with van der Waals surface area (Å²) in [7, 11) is 0. The number of ether oxygens (including phenoxy) is 1. The Labute approximate surface area is 233 Å². The van der Waals surface area contributed by atoms with Crippen LogP contribution in [0.1, 0.15) is 37.3 Å². The molecule has 4 atom stereocenters. The summed E-state index contributed by atoms with van der Waals surface area (Å²) in [5, 5.41) is 3.02. The van der Waals surface area contributed by atoms with E-state index in [1.165, 1.54) is 18.2 Å². The minimum Gasteiger partial charge on any atom is -0.351 e. The van der Waals surface area contributed by atoms with E-state index in [4.69, 9.17) is 16.3 Å². The molecule has 3 heterocycles. The molecular formula is C29H26ClF3N4O3. The van der Waals surface area contributed by atoms with Crippen LogP contribution in [-0.4, -0.2) is 47.1 Å². The van der Waals surface area contributed by atoms with Crippen molar-refractivity contribution in [3.05, 3.63) is 89.5 Å². The van der Waals surface area contributed by atoms with Crippen molar-refractivity contribution in [2.24, 2.45) is 0 Å². The average Bonchev–Trinajstić information content (AvgIpc) is 3.59. The number of carbonyl (C=O) groups excluding carboxylic acids is 2. The maximum atomic E-state index is 14.5. The second-order valence-electron chi connectivity index (χ2n) is 10.4. The summed E-state index contributed by atoms with van der Waals surface area (Å²) in [6.07, 6.45) is 1.90. The second-order valence-corrected chi connectivity index (χ2v) is 10.8. The van der Waals surface area contributed by atoms with Gasteiger partial charge in [0.05, 0.1) is 17.9 Å². The molecule has 3 aliphatic rings. The maximum absolute atomic E-state index is 14.5. The lowest BCUT2D eigenvalue weighted by Gasteiger charge is -2.38. The number of halogens is 4. The predicted octanol–water partition coefficient (Wildman–Crippen LogP) is 5.26. The molecule has 6 rings (SSSR count). The maximum Gasteiger partial charge on any atom is 0.252 e. The number of hydrogen-bond donors (Lipinski definition) is 1. The molecule has 3 unspecified atom stereocenters. The zero-order valence-corrected chi connectivity index (χ0v) is 22.0. The van der Waals surface area contributed by atoms with Crippen molar-refractivity contribution >= 4 is 34.8 Å². The Morgan fingerprint density at radius 3 is 2.65 bits per heavy atom. The molecule has 0 bridgehead atoms. The number of nitrogens with zero attached hydrogens (tertiary/aromatic N) is 3. The lowest BCUT2D eigenvalue weighted by atomic mass is 9.87. The highest BCUT2D eigenvalue weighted by molar-refractivity contribution is 6.31. The van der Waals surface area contributed by atoms with Gasteiger partial charge in [0, 0.05) is 47.8 Å². The van der Waals surface area contributed by atoms with E-state index in [-0.39, 0.29) is 17.0 Å². The third-order valence-corrected chi connectivity index (χ3v) is 7.95. The van der Waals surface area contributed by atoms with Gasteiger partial charge in [0.1, 0.15) is 18.0 Å². The normalized spacial score (nSPS) is 24.4. The van der Waals surface area contributed by atoms with E-state index in [0.717, 1.165) is 0 Å². The van der Waals surface area contributed by atoms with E-state index in [9.17, 15) is 22.8 Å². The van der Waals surface area contributed by atoms with E-state index in [1.807, 2.05) is 0 Å². The van der Waals surface area contributed by atoms with E-state index < -0.39 is 54.9 Å². The lowest BCUT2D eigenvalue weighted by molar-refractivity contribution is -0.130. The summed E-state index contributed by atoms with van der Waals surface area (Å²) in [4.78, 5) is 34.1. The van der Waals surface area contributed by atoms with Gasteiger partial charge in [-0.15, -0.1) is 0 Å². The van der Waals surface area contributed by atoms with Crippen LogP contribution >= 0.6 is 11.6 Å². The summed E-state index contributed by atoms with van der Waals surface area (Å²) < 4.78 is 47.9. The first-order valence-corrected chi connectivity index (χ1v) is 13.4. The van der Waals surface area contributed by atoms with Gasteiger partial charge in [0.2, 0.25) is 11.8 Å². The van der Waals surface area contributed by atoms with Crippen LogP contribution < -0.4 is 15.1 Å². The SMILES string of the molecule is O=C(NC1CC(F)(F)C1)C(c1ccccc1Cl)N(c1cccc(F)c1)C1OC1[C@@H]1CCC(=O)N1c1cccnc1. The van der Waals surface area contributed by atoms with Gasteiger partial charge < -0.3 is 19.9 Å². The van der Waals surface area contributed by atoms with Crippen molar-refractivity contribution in [2.45, 2.75) is 62.1 Å². The number of benzene rings is 2. The molecule has 1 aliphatic carbocycles. The van der Waals surface area contributed by atoms with Crippen LogP contribution in [0.4, 0.5) is 24.5 Å². The first-order valence-electron chi connectivity index (χ1n) is 13.1. The molecule has 2 aliphatic heterocycles. The molecule has 0 spiro atoms. The summed E-state index contributed by atoms with van der Waals surface area (Å²) >= 11 is 6.57. The van der Waals surface area contributed by atoms with E-state index in [2.05, 4.69) is 10.3 Å². The molecule has 11 heteroatoms. The molecule has 2 saturated heterocycles. The number of anilines is 2. The molecule has 3 fully saturated rings. The van der Waals surface area contributed by atoms with Gasteiger partial charge in [-0.2, -0.15) is 0 Å². The van der Waals surface area contributed by atoms with Crippen molar-refractivity contribution in [1.82, 2.24) is 10.3 Å². The molecule has 3 aromatic rings. The Bertz CT molecular complexity index is 1420. The Morgan fingerprint density at radius 1 is 1.15 bits per heavy atom. The highest BCUT2D eigenvalue weighted by Crippen LogP contribution is 2.45. The number of aromatic nitrogens is 1. The number of alkyl halides is 2. The summed E-state index contributed by atoms with van der Waals surface area (Å²) in [6.45, 7) is 0. The Balaban J connectivity index is 1.37. The topological polar surface area (TPSA) is 78.1 Å². The molecule has 2 amide bonds. The minimum absolute atomic E-state index is 0.0733. The first kappa shape index (κ1) is 26.6. The molecule has 1 N–H and O–H groups in total. The summed E-state index contributed by atoms with van der Waals surface area (Å²) in [5.41, 5.74) is 1.40. The number of nitrogens with one attached hydrogen (secondary N) is 1. The van der Waals surface area contributed by atoms with E-state index >= 15 is 0 Å². The van der Waals surface area contributed by atoms with E-state index in [0.29, 0.717) is 29.8 Å². The third kappa shape index (κ3) is 5.13. The third-order valence-electron chi connectivity index (χ3n) is 7.60. The lowest BCUT2D eigenvalue weighted by Crippen LogP contribution is -2.54. The van der Waals surface area contributed by atoms with Crippen molar-refractivity contribution < 1.29 is 27.5 Å². The average molecular weight is 571 g/mol. The fourth-order valence-electron chi connectivity index (χ4n) is 5.71. The standard InChI is InChI=1S/C29H26ClF3N4O3/c30-22-9-2-1-8-21(22)25(27(39)35-18-14-29(32,33)15-18)37(19-6-3-5-17(31)13-19)28-26(40-28)23-10-11-24(38)36(23)20-7-4-12-34-16-20/h1-9,12-13,16,18,23,25-26,28H,10-11,14-15H2,(H,35,39)/t23-,25?,26?,28?/m0/s1. The number of amides is 2. The number of hydrogen-bond acceptors (Lipinski definition) is 5. The van der Waals surface area contributed by atoms with Crippen molar-refractivity contribution in [3.8, 4) is 0 Å². The minimum atomic E-state index is -2.82. The van der Waals surface area contributed by atoms with Crippen LogP contribution in [0.5, 0.6) is 0 Å². The van der Waals surface area contributed by atoms with Gasteiger partial charge in [-0.1, -0.05) is 35.9 Å². The monoisotopic (exact) mass is 570 g/mol. The predicted molar refractivity (Wildman–Crippen MR) is 143 cm³/mol. The van der Waals surface area contributed by atoms with Gasteiger partial charge in [0.25, 0.3) is 5.92 Å². The van der Waals surface area contributed by atoms with Gasteiger partial charge in [0.15, 0.2) is 6.23 Å². The van der Waals surface area contributed by atoms with Crippen molar-refractivity contribution in [1.29, 1.82) is 0 Å². The van der Waals surface area contributed by atoms with Gasteiger partial charge in [-0.05, 0) is 42.8 Å². The van der Waals surface area contributed by atoms with Crippen LogP contribution in [0.2, 0.25) is 5.02 Å². The Kier molecular flexibility index (Phi) is 6.92. The molecule has 0 radical (unpaired) electrons. The van der Waals surface area contributed by atoms with Gasteiger partial charge >= 0.3 is 0 Å². The summed E-state index contributed by atoms with van der Waals surface area (Å²) in [6, 6.07) is 13.8. The zero-order valence-electron chi connectivity index (χ0n) is 21.2. The quantitative estimate of drug-likeness (QED) is 0.374. The van der Waals surface area contributed by atoms with Crippen LogP contribution in [-0.2, 0) is 14.3 Å². The summed E-state index contributed by atoms with van der Waals surface area (Å²) in [5.74, 6) is -3.98. The largest absolute Gasteiger partial charge is 0.351 e. The van der Waals surface area contributed by atoms with Crippen molar-refractivity contribution in [3.63, 3.8) is 0 Å². The first-order chi connectivity index (χ1) is 19.2. The Morgan fingerprint density at radius 2 is 1.95 bits per heavy atom. The van der Waals surface area contributed by atoms with Gasteiger partial charge in [-0.3, -0.25) is 14.6 Å².